The van der Waals surface area contributed by atoms with Crippen molar-refractivity contribution in [1.82, 2.24) is 15.6 Å². The van der Waals surface area contributed by atoms with Crippen molar-refractivity contribution < 1.29 is 14.7 Å². The second-order valence-corrected chi connectivity index (χ2v) is 8.66. The molecule has 0 bridgehead atoms. The van der Waals surface area contributed by atoms with Crippen LogP contribution in [0.3, 0.4) is 0 Å². The lowest BCUT2D eigenvalue weighted by Gasteiger charge is -2.33. The van der Waals surface area contributed by atoms with Crippen LogP contribution in [-0.2, 0) is 17.6 Å². The molecule has 1 saturated carbocycles. The van der Waals surface area contributed by atoms with Crippen molar-refractivity contribution in [2.45, 2.75) is 50.3 Å². The molecule has 7 nitrogen and oxygen atoms in total. The zero-order valence-electron chi connectivity index (χ0n) is 15.4. The van der Waals surface area contributed by atoms with E-state index in [1.165, 1.54) is 17.3 Å². The molecule has 28 heavy (non-hydrogen) atoms. The Bertz CT molecular complexity index is 859. The maximum absolute atomic E-state index is 12.7. The Morgan fingerprint density at radius 2 is 1.86 bits per heavy atom. The van der Waals surface area contributed by atoms with E-state index in [1.54, 1.807) is 0 Å². The van der Waals surface area contributed by atoms with Gasteiger partial charge in [0.1, 0.15) is 4.88 Å². The van der Waals surface area contributed by atoms with E-state index < -0.39 is 6.10 Å². The number of rotatable bonds is 4. The number of thiazole rings is 1. The van der Waals surface area contributed by atoms with Crippen molar-refractivity contribution in [3.63, 3.8) is 0 Å². The van der Waals surface area contributed by atoms with Gasteiger partial charge in [0, 0.05) is 12.0 Å². The zero-order valence-corrected chi connectivity index (χ0v) is 16.2. The molecule has 0 unspecified atom stereocenters. The lowest BCUT2D eigenvalue weighted by atomic mass is 9.83. The van der Waals surface area contributed by atoms with Crippen LogP contribution in [0.25, 0.3) is 0 Å². The van der Waals surface area contributed by atoms with Crippen LogP contribution >= 0.6 is 11.3 Å². The fraction of sp³-hybridized carbons (Fsp3) is 0.450. The van der Waals surface area contributed by atoms with E-state index in [0.717, 1.165) is 24.2 Å². The number of fused-ring (bicyclic) bond motifs is 1. The van der Waals surface area contributed by atoms with Crippen molar-refractivity contribution in [2.75, 3.05) is 5.73 Å². The van der Waals surface area contributed by atoms with Gasteiger partial charge in [0.25, 0.3) is 5.91 Å². The van der Waals surface area contributed by atoms with Crippen molar-refractivity contribution in [2.24, 2.45) is 5.92 Å². The van der Waals surface area contributed by atoms with Crippen LogP contribution in [0.2, 0.25) is 0 Å². The maximum atomic E-state index is 12.7. The van der Waals surface area contributed by atoms with E-state index in [0.29, 0.717) is 29.3 Å². The molecule has 0 saturated heterocycles. The monoisotopic (exact) mass is 400 g/mol. The van der Waals surface area contributed by atoms with E-state index in [4.69, 9.17) is 5.73 Å². The molecule has 1 aromatic carbocycles. The smallest absolute Gasteiger partial charge is 0.263 e. The van der Waals surface area contributed by atoms with Crippen LogP contribution in [0.5, 0.6) is 0 Å². The van der Waals surface area contributed by atoms with E-state index in [2.05, 4.69) is 27.8 Å². The number of nitrogens with zero attached hydrogens (tertiary/aromatic N) is 1. The minimum absolute atomic E-state index is 0.00290. The first-order valence-corrected chi connectivity index (χ1v) is 10.4. The molecule has 0 radical (unpaired) electrons. The van der Waals surface area contributed by atoms with Gasteiger partial charge in [-0.15, -0.1) is 0 Å². The molecule has 1 aromatic heterocycles. The molecule has 2 amide bonds. The number of nitrogens with one attached hydrogen (secondary N) is 2. The number of hydrogen-bond donors (Lipinski definition) is 4. The summed E-state index contributed by atoms with van der Waals surface area (Å²) in [5, 5.41) is 16.8. The van der Waals surface area contributed by atoms with Crippen molar-refractivity contribution >= 4 is 28.3 Å². The average Bonchev–Trinajstić information content (AvgIpc) is 3.28. The van der Waals surface area contributed by atoms with Crippen molar-refractivity contribution in [3.8, 4) is 0 Å². The van der Waals surface area contributed by atoms with Gasteiger partial charge in [-0.25, -0.2) is 4.98 Å². The second kappa shape index (κ2) is 7.89. The third-order valence-electron chi connectivity index (χ3n) is 5.65. The highest BCUT2D eigenvalue weighted by Gasteiger charge is 2.35. The first-order valence-electron chi connectivity index (χ1n) is 9.57. The summed E-state index contributed by atoms with van der Waals surface area (Å²) < 4.78 is 0. The molecule has 0 spiro atoms. The van der Waals surface area contributed by atoms with Crippen molar-refractivity contribution in [1.29, 1.82) is 0 Å². The number of nitrogen functional groups attached to an aromatic ring is 1. The Morgan fingerprint density at radius 1 is 1.14 bits per heavy atom. The van der Waals surface area contributed by atoms with Gasteiger partial charge in [-0.1, -0.05) is 35.6 Å². The van der Waals surface area contributed by atoms with Crippen LogP contribution in [0, 0.1) is 5.92 Å². The summed E-state index contributed by atoms with van der Waals surface area (Å²) >= 11 is 1.11. The number of anilines is 1. The van der Waals surface area contributed by atoms with E-state index in [1.807, 2.05) is 12.1 Å². The quantitative estimate of drug-likeness (QED) is 0.617. The van der Waals surface area contributed by atoms with Gasteiger partial charge in [-0.05, 0) is 43.2 Å². The molecule has 148 valence electrons. The van der Waals surface area contributed by atoms with Gasteiger partial charge in [0.05, 0.1) is 18.3 Å². The Kier molecular flexibility index (Phi) is 5.32. The van der Waals surface area contributed by atoms with Crippen LogP contribution in [0.4, 0.5) is 5.13 Å². The van der Waals surface area contributed by atoms with Crippen molar-refractivity contribution in [3.05, 3.63) is 46.5 Å². The summed E-state index contributed by atoms with van der Waals surface area (Å²) in [5.41, 5.74) is 8.15. The van der Waals surface area contributed by atoms with Gasteiger partial charge in [-0.2, -0.15) is 0 Å². The maximum Gasteiger partial charge on any atom is 0.263 e. The predicted octanol–water partition coefficient (Wildman–Crippen LogP) is 1.27. The molecule has 2 aliphatic carbocycles. The highest BCUT2D eigenvalue weighted by atomic mass is 32.1. The Balaban J connectivity index is 1.28. The van der Waals surface area contributed by atoms with E-state index >= 15 is 0 Å². The fourth-order valence-electron chi connectivity index (χ4n) is 4.17. The Labute approximate surface area is 167 Å². The van der Waals surface area contributed by atoms with Gasteiger partial charge in [0.2, 0.25) is 5.91 Å². The number of carbonyl (C=O) groups is 2. The summed E-state index contributed by atoms with van der Waals surface area (Å²) in [6.45, 7) is 0. The number of benzene rings is 1. The van der Waals surface area contributed by atoms with Crippen LogP contribution in [-0.4, -0.2) is 40.1 Å². The number of hydrogen-bond acceptors (Lipinski definition) is 6. The zero-order chi connectivity index (χ0) is 19.7. The second-order valence-electron chi connectivity index (χ2n) is 7.60. The van der Waals surface area contributed by atoms with Gasteiger partial charge in [0.15, 0.2) is 5.13 Å². The largest absolute Gasteiger partial charge is 0.391 e. The summed E-state index contributed by atoms with van der Waals surface area (Å²) in [6.07, 6.45) is 3.94. The molecule has 2 aliphatic rings. The molecule has 8 heteroatoms. The molecule has 1 heterocycles. The van der Waals surface area contributed by atoms with E-state index in [-0.39, 0.29) is 29.8 Å². The number of aliphatic hydroxyl groups is 1. The molecule has 5 N–H and O–H groups in total. The van der Waals surface area contributed by atoms with Crippen LogP contribution in [0.15, 0.2) is 30.5 Å². The fourth-order valence-corrected chi connectivity index (χ4v) is 4.75. The summed E-state index contributed by atoms with van der Waals surface area (Å²) in [7, 11) is 0. The summed E-state index contributed by atoms with van der Waals surface area (Å²) in [6, 6.07) is 8.02. The Morgan fingerprint density at radius 3 is 2.46 bits per heavy atom. The number of carbonyl (C=O) groups excluding carboxylic acids is 2. The number of aliphatic hydroxyl groups excluding tert-OH is 1. The van der Waals surface area contributed by atoms with Crippen LogP contribution < -0.4 is 16.4 Å². The molecule has 1 fully saturated rings. The molecular formula is C20H24N4O3S. The standard InChI is InChI=1S/C20H24N4O3S/c21-20-22-10-17(28-20)19(27)24-15-6-5-13(9-16(15)25)18(26)23-14-7-11-3-1-2-4-12(11)8-14/h1-4,10,13-16,25H,5-9H2,(H2,21,22)(H,23,26)(H,24,27)/t13-,15-,16-/m0/s1. The number of aromatic nitrogens is 1. The SMILES string of the molecule is Nc1ncc(C(=O)N[C@H]2CC[C@H](C(=O)NC3Cc4ccccc4C3)C[C@@H]2O)s1. The lowest BCUT2D eigenvalue weighted by Crippen LogP contribution is -2.50. The molecule has 4 rings (SSSR count). The number of nitrogens with two attached hydrogens (primary N) is 1. The van der Waals surface area contributed by atoms with Gasteiger partial charge >= 0.3 is 0 Å². The van der Waals surface area contributed by atoms with Gasteiger partial charge < -0.3 is 21.5 Å². The van der Waals surface area contributed by atoms with Crippen LogP contribution in [0.1, 0.15) is 40.1 Å². The third kappa shape index (κ3) is 4.02. The molecule has 0 aliphatic heterocycles. The third-order valence-corrected chi connectivity index (χ3v) is 6.47. The highest BCUT2D eigenvalue weighted by molar-refractivity contribution is 7.17. The predicted molar refractivity (Wildman–Crippen MR) is 107 cm³/mol. The van der Waals surface area contributed by atoms with Gasteiger partial charge in [-0.3, -0.25) is 9.59 Å². The lowest BCUT2D eigenvalue weighted by molar-refractivity contribution is -0.128. The minimum atomic E-state index is -0.750. The summed E-state index contributed by atoms with van der Waals surface area (Å²) in [4.78, 5) is 29.2. The normalized spacial score (nSPS) is 24.5. The first kappa shape index (κ1) is 18.9. The topological polar surface area (TPSA) is 117 Å². The molecule has 3 atom stereocenters. The molecular weight excluding hydrogens is 376 g/mol. The highest BCUT2D eigenvalue weighted by Crippen LogP contribution is 2.27. The summed E-state index contributed by atoms with van der Waals surface area (Å²) in [5.74, 6) is -0.521. The minimum Gasteiger partial charge on any atom is -0.391 e. The van der Waals surface area contributed by atoms with E-state index in [9.17, 15) is 14.7 Å². The first-order chi connectivity index (χ1) is 13.5. The molecule has 2 aromatic rings. The Hall–Kier alpha value is -2.45. The number of amides is 2. The average molecular weight is 401 g/mol.